The van der Waals surface area contributed by atoms with Gasteiger partial charge < -0.3 is 0 Å². The van der Waals surface area contributed by atoms with Gasteiger partial charge in [-0.1, -0.05) is 160 Å². The smallest absolute Gasteiger partial charge is 0.226 e. The Bertz CT molecular complexity index is 1520. The lowest BCUT2D eigenvalue weighted by Crippen LogP contribution is -2.41. The van der Waals surface area contributed by atoms with Gasteiger partial charge in [0.1, 0.15) is 18.2 Å². The van der Waals surface area contributed by atoms with E-state index in [4.69, 9.17) is 0 Å². The Labute approximate surface area is 273 Å². The molecule has 4 heteroatoms. The van der Waals surface area contributed by atoms with E-state index in [2.05, 4.69) is 149 Å². The van der Waals surface area contributed by atoms with E-state index in [1.807, 2.05) is 0 Å². The van der Waals surface area contributed by atoms with E-state index in [0.717, 1.165) is 11.3 Å². The maximum Gasteiger partial charge on any atom is 0.245 e. The summed E-state index contributed by atoms with van der Waals surface area (Å²) in [4.78, 5) is 0. The van der Waals surface area contributed by atoms with Gasteiger partial charge in [0.15, 0.2) is 5.78 Å². The summed E-state index contributed by atoms with van der Waals surface area (Å²) in [5.41, 5.74) is 4.62. The average molecular weight is 630 g/mol. The van der Waals surface area contributed by atoms with Crippen LogP contribution >= 0.6 is 15.8 Å². The zero-order chi connectivity index (χ0) is 30.3. The lowest BCUT2D eigenvalue weighted by atomic mass is 9.99. The molecule has 0 N–H and O–H groups in total. The van der Waals surface area contributed by atoms with Crippen LogP contribution in [-0.2, 0) is 0 Å². The van der Waals surface area contributed by atoms with Crippen molar-refractivity contribution in [3.8, 4) is 0 Å². The second-order valence-electron chi connectivity index (χ2n) is 12.9. The Hall–Kier alpha value is -3.05. The van der Waals surface area contributed by atoms with Crippen molar-refractivity contribution in [1.82, 2.24) is 4.57 Å². The van der Waals surface area contributed by atoms with Crippen LogP contribution in [-0.4, -0.2) is 15.9 Å². The first kappa shape index (κ1) is 30.6. The molecule has 7 rings (SSSR count). The molecule has 2 fully saturated rings. The number of rotatable bonds is 10. The summed E-state index contributed by atoms with van der Waals surface area (Å²) in [5.74, 6) is 0.615. The van der Waals surface area contributed by atoms with Crippen molar-refractivity contribution in [3.05, 3.63) is 151 Å². The van der Waals surface area contributed by atoms with Gasteiger partial charge in [-0.25, -0.2) is 9.13 Å². The van der Waals surface area contributed by atoms with Crippen LogP contribution in [0.2, 0.25) is 0 Å². The summed E-state index contributed by atoms with van der Waals surface area (Å²) in [7, 11) is -0.933. The van der Waals surface area contributed by atoms with Crippen LogP contribution in [0.4, 0.5) is 0 Å². The van der Waals surface area contributed by atoms with Crippen molar-refractivity contribution in [1.29, 1.82) is 0 Å². The fraction of sp³-hybridized carbons (Fsp3) is 0.341. The molecule has 0 bridgehead atoms. The topological polar surface area (TPSA) is 8.81 Å². The molecule has 2 aliphatic rings. The highest BCUT2D eigenvalue weighted by Crippen LogP contribution is 2.64. The summed E-state index contributed by atoms with van der Waals surface area (Å²) in [6.07, 6.45) is 21.5. The van der Waals surface area contributed by atoms with E-state index in [9.17, 15) is 0 Å². The van der Waals surface area contributed by atoms with E-state index in [-0.39, 0.29) is 13.7 Å². The average Bonchev–Trinajstić information content (AvgIpc) is 3.61. The van der Waals surface area contributed by atoms with Gasteiger partial charge in [-0.2, -0.15) is 0 Å². The molecule has 2 aliphatic carbocycles. The summed E-state index contributed by atoms with van der Waals surface area (Å²) in [6, 6.07) is 45.3. The summed E-state index contributed by atoms with van der Waals surface area (Å²) in [6.45, 7) is 0. The molecule has 4 aromatic carbocycles. The summed E-state index contributed by atoms with van der Waals surface area (Å²) < 4.78 is 5.22. The number of benzene rings is 4. The molecule has 45 heavy (non-hydrogen) atoms. The van der Waals surface area contributed by atoms with Gasteiger partial charge in [-0.05, 0) is 55.5 Å². The molecule has 0 radical (unpaired) electrons. The van der Waals surface area contributed by atoms with E-state index < -0.39 is 7.92 Å². The first-order valence-electron chi connectivity index (χ1n) is 17.2. The molecule has 1 heterocycles. The first-order valence-corrected chi connectivity index (χ1v) is 20.2. The number of aromatic nitrogens is 2. The number of imidazole rings is 1. The monoisotopic (exact) mass is 629 g/mol. The third kappa shape index (κ3) is 7.04. The Morgan fingerprint density at radius 2 is 0.978 bits per heavy atom. The molecule has 0 unspecified atom stereocenters. The molecule has 0 saturated heterocycles. The van der Waals surface area contributed by atoms with E-state index in [0.29, 0.717) is 5.78 Å². The van der Waals surface area contributed by atoms with Crippen LogP contribution in [0, 0.1) is 0 Å². The van der Waals surface area contributed by atoms with E-state index in [1.165, 1.54) is 85.9 Å². The van der Waals surface area contributed by atoms with Gasteiger partial charge >= 0.3 is 0 Å². The van der Waals surface area contributed by atoms with Gasteiger partial charge in [-0.3, -0.25) is 0 Å². The zero-order valence-corrected chi connectivity index (χ0v) is 28.2. The number of hydrogen-bond acceptors (Lipinski definition) is 0. The predicted octanol–water partition coefficient (Wildman–Crippen LogP) is 10.1. The second-order valence-corrected chi connectivity index (χ2v) is 18.1. The molecule has 0 amide bonds. The lowest BCUT2D eigenvalue weighted by molar-refractivity contribution is -0.692. The molecule has 0 aliphatic heterocycles. The van der Waals surface area contributed by atoms with Crippen molar-refractivity contribution in [2.45, 2.75) is 87.1 Å². The van der Waals surface area contributed by atoms with Crippen LogP contribution in [0.1, 0.15) is 86.9 Å². The Morgan fingerprint density at radius 3 is 1.47 bits per heavy atom. The third-order valence-corrected chi connectivity index (χ3v) is 16.6. The minimum atomic E-state index is -0.712. The van der Waals surface area contributed by atoms with Crippen LogP contribution in [0.25, 0.3) is 0 Å². The lowest BCUT2D eigenvalue weighted by Gasteiger charge is -2.41. The van der Waals surface area contributed by atoms with Gasteiger partial charge in [0.2, 0.25) is 6.33 Å². The van der Waals surface area contributed by atoms with E-state index in [1.54, 1.807) is 0 Å². The van der Waals surface area contributed by atoms with Crippen molar-refractivity contribution in [2.24, 2.45) is 0 Å². The Kier molecular flexibility index (Phi) is 10.2. The molecule has 2 atom stereocenters. The minimum Gasteiger partial charge on any atom is -0.226 e. The molecule has 230 valence electrons. The standard InChI is InChI=1S/C41H47N2P2/c1-7-19-34(20-8-1)40(44(36-23-11-3-12-24-36)37-25-13-4-14-26-37)42-31-32-43(33-42)41(35-21-9-2-10-22-35)45(38-27-15-5-16-28-38)39-29-17-6-18-30-39/h1-4,7-14,19-26,31-33,38-41H,5-6,15-18,27-30H2/q+1/t40-,41+/m1/s1. The maximum absolute atomic E-state index is 2.66. The fourth-order valence-electron chi connectivity index (χ4n) is 7.94. The fourth-order valence-corrected chi connectivity index (χ4v) is 14.9. The molecular weight excluding hydrogens is 582 g/mol. The highest BCUT2D eigenvalue weighted by atomic mass is 31.1. The van der Waals surface area contributed by atoms with Gasteiger partial charge in [0.05, 0.1) is 0 Å². The quantitative estimate of drug-likeness (QED) is 0.107. The van der Waals surface area contributed by atoms with Crippen LogP contribution in [0.5, 0.6) is 0 Å². The third-order valence-electron chi connectivity index (χ3n) is 10.0. The predicted molar refractivity (Wildman–Crippen MR) is 194 cm³/mol. The molecule has 2 saturated carbocycles. The number of hydrogen-bond donors (Lipinski definition) is 0. The Morgan fingerprint density at radius 1 is 0.533 bits per heavy atom. The Balaban J connectivity index is 1.36. The first-order chi connectivity index (χ1) is 22.4. The molecule has 2 nitrogen and oxygen atoms in total. The summed E-state index contributed by atoms with van der Waals surface area (Å²) >= 11 is 0. The number of nitrogens with zero attached hydrogens (tertiary/aromatic N) is 2. The van der Waals surface area contributed by atoms with Gasteiger partial charge in [-0.15, -0.1) is 0 Å². The molecular formula is C41H47N2P2+. The second kappa shape index (κ2) is 15.0. The maximum atomic E-state index is 2.66. The highest BCUT2D eigenvalue weighted by molar-refractivity contribution is 7.73. The molecule has 5 aromatic rings. The van der Waals surface area contributed by atoms with E-state index >= 15 is 0 Å². The van der Waals surface area contributed by atoms with Crippen molar-refractivity contribution < 1.29 is 4.57 Å². The van der Waals surface area contributed by atoms with Gasteiger partial charge in [0.25, 0.3) is 0 Å². The van der Waals surface area contributed by atoms with Crippen LogP contribution in [0.15, 0.2) is 140 Å². The normalized spacial score (nSPS) is 17.8. The molecule has 0 spiro atoms. The largest absolute Gasteiger partial charge is 0.245 e. The van der Waals surface area contributed by atoms with Crippen molar-refractivity contribution >= 4 is 26.5 Å². The van der Waals surface area contributed by atoms with Crippen molar-refractivity contribution in [3.63, 3.8) is 0 Å². The van der Waals surface area contributed by atoms with Crippen LogP contribution < -0.4 is 15.2 Å². The minimum absolute atomic E-state index is 0.194. The zero-order valence-electron chi connectivity index (χ0n) is 26.4. The van der Waals surface area contributed by atoms with Crippen molar-refractivity contribution in [2.75, 3.05) is 0 Å². The molecule has 1 aromatic heterocycles. The van der Waals surface area contributed by atoms with Gasteiger partial charge in [0, 0.05) is 19.0 Å². The SMILES string of the molecule is c1ccc([C@H]([n+]2ccn([C@H](c3ccccc3)P(C3CCCCC3)C3CCCCC3)c2)P(c2ccccc2)c2ccccc2)cc1. The van der Waals surface area contributed by atoms with Crippen LogP contribution in [0.3, 0.4) is 0 Å². The highest BCUT2D eigenvalue weighted by Gasteiger charge is 2.41. The summed E-state index contributed by atoms with van der Waals surface area (Å²) in [5, 5.41) is 2.83.